The van der Waals surface area contributed by atoms with Gasteiger partial charge in [0.2, 0.25) is 0 Å². The van der Waals surface area contributed by atoms with Gasteiger partial charge in [0, 0.05) is 18.8 Å². The van der Waals surface area contributed by atoms with Gasteiger partial charge in [-0.3, -0.25) is 0 Å². The maximum Gasteiger partial charge on any atom is 0.128 e. The van der Waals surface area contributed by atoms with Crippen LogP contribution in [0.4, 0.5) is 5.82 Å². The summed E-state index contributed by atoms with van der Waals surface area (Å²) in [6, 6.07) is 4.44. The number of nitrogens with one attached hydrogen (secondary N) is 1. The van der Waals surface area contributed by atoms with E-state index in [2.05, 4.69) is 35.1 Å². The van der Waals surface area contributed by atoms with Crippen molar-refractivity contribution in [1.29, 1.82) is 0 Å². The van der Waals surface area contributed by atoms with Crippen molar-refractivity contribution in [2.24, 2.45) is 0 Å². The summed E-state index contributed by atoms with van der Waals surface area (Å²) >= 11 is 0. The first-order valence-corrected chi connectivity index (χ1v) is 6.90. The molecule has 0 aromatic carbocycles. The van der Waals surface area contributed by atoms with Crippen molar-refractivity contribution in [2.75, 3.05) is 37.8 Å². The number of hydrogen-bond acceptors (Lipinski definition) is 5. The molecule has 1 saturated heterocycles. The van der Waals surface area contributed by atoms with Crippen LogP contribution in [0.3, 0.4) is 0 Å². The number of nitrogens with zero attached hydrogens (tertiary/aromatic N) is 2. The summed E-state index contributed by atoms with van der Waals surface area (Å²) in [5, 5.41) is 12.7. The zero-order valence-corrected chi connectivity index (χ0v) is 11.7. The molecule has 1 aliphatic rings. The van der Waals surface area contributed by atoms with E-state index >= 15 is 0 Å². The van der Waals surface area contributed by atoms with Gasteiger partial charge in [0.1, 0.15) is 5.82 Å². The molecular weight excluding hydrogens is 242 g/mol. The van der Waals surface area contributed by atoms with Gasteiger partial charge in [-0.25, -0.2) is 4.98 Å². The van der Waals surface area contributed by atoms with Gasteiger partial charge in [-0.2, -0.15) is 0 Å². The Labute approximate surface area is 114 Å². The monoisotopic (exact) mass is 265 g/mol. The number of morpholine rings is 1. The lowest BCUT2D eigenvalue weighted by Gasteiger charge is -2.35. The topological polar surface area (TPSA) is 57.6 Å². The van der Waals surface area contributed by atoms with E-state index in [9.17, 15) is 5.11 Å². The second-order valence-electron chi connectivity index (χ2n) is 4.83. The summed E-state index contributed by atoms with van der Waals surface area (Å²) in [6.45, 7) is 7.29. The molecule has 2 unspecified atom stereocenters. The van der Waals surface area contributed by atoms with Crippen LogP contribution in [0.5, 0.6) is 0 Å². The number of hydrogen-bond donors (Lipinski definition) is 2. The smallest absolute Gasteiger partial charge is 0.128 e. The Hall–Kier alpha value is -1.17. The van der Waals surface area contributed by atoms with Gasteiger partial charge in [0.15, 0.2) is 0 Å². The van der Waals surface area contributed by atoms with E-state index in [0.29, 0.717) is 19.3 Å². The third-order valence-electron chi connectivity index (χ3n) is 3.51. The van der Waals surface area contributed by atoms with Crippen molar-refractivity contribution in [3.63, 3.8) is 0 Å². The first-order chi connectivity index (χ1) is 9.26. The van der Waals surface area contributed by atoms with E-state index in [0.717, 1.165) is 18.9 Å². The summed E-state index contributed by atoms with van der Waals surface area (Å²) in [5.41, 5.74) is 1.18. The number of ether oxygens (including phenoxy) is 1. The molecule has 2 heterocycles. The van der Waals surface area contributed by atoms with Crippen LogP contribution in [0.1, 0.15) is 25.5 Å². The molecule has 0 aliphatic carbocycles. The fourth-order valence-electron chi connectivity index (χ4n) is 2.36. The van der Waals surface area contributed by atoms with Gasteiger partial charge in [0.25, 0.3) is 0 Å². The van der Waals surface area contributed by atoms with Gasteiger partial charge in [0.05, 0.1) is 25.9 Å². The molecule has 0 radical (unpaired) electrons. The fraction of sp³-hybridized carbons (Fsp3) is 0.643. The van der Waals surface area contributed by atoms with Gasteiger partial charge < -0.3 is 20.1 Å². The molecule has 2 atom stereocenters. The van der Waals surface area contributed by atoms with Crippen molar-refractivity contribution in [2.45, 2.75) is 25.9 Å². The van der Waals surface area contributed by atoms with Crippen molar-refractivity contribution in [3.05, 3.63) is 23.9 Å². The highest BCUT2D eigenvalue weighted by Crippen LogP contribution is 2.19. The first kappa shape index (κ1) is 14.2. The third-order valence-corrected chi connectivity index (χ3v) is 3.51. The second kappa shape index (κ2) is 6.84. The molecule has 1 aromatic heterocycles. The molecular formula is C14H23N3O2. The molecule has 0 bridgehead atoms. The number of aliphatic hydroxyl groups is 1. The van der Waals surface area contributed by atoms with Gasteiger partial charge >= 0.3 is 0 Å². The van der Waals surface area contributed by atoms with Gasteiger partial charge in [-0.15, -0.1) is 0 Å². The Morgan fingerprint density at radius 2 is 2.42 bits per heavy atom. The van der Waals surface area contributed by atoms with E-state index in [1.54, 1.807) is 0 Å². The molecule has 0 amide bonds. The maximum absolute atomic E-state index is 9.38. The van der Waals surface area contributed by atoms with Crippen LogP contribution in [-0.4, -0.2) is 49.0 Å². The Morgan fingerprint density at radius 3 is 3.05 bits per heavy atom. The predicted molar refractivity (Wildman–Crippen MR) is 75.4 cm³/mol. The van der Waals surface area contributed by atoms with Crippen LogP contribution in [-0.2, 0) is 4.74 Å². The minimum atomic E-state index is 0.0123. The van der Waals surface area contributed by atoms with Crippen molar-refractivity contribution >= 4 is 5.82 Å². The Balaban J connectivity index is 2.08. The molecule has 1 aromatic rings. The normalized spacial score (nSPS) is 21.4. The molecule has 0 spiro atoms. The zero-order valence-electron chi connectivity index (χ0n) is 11.7. The van der Waals surface area contributed by atoms with Crippen LogP contribution in [0, 0.1) is 0 Å². The summed E-state index contributed by atoms with van der Waals surface area (Å²) in [6.07, 6.45) is 1.91. The highest BCUT2D eigenvalue weighted by molar-refractivity contribution is 5.41. The van der Waals surface area contributed by atoms with E-state index in [1.807, 2.05) is 12.3 Å². The van der Waals surface area contributed by atoms with Crippen molar-refractivity contribution in [1.82, 2.24) is 10.3 Å². The lowest BCUT2D eigenvalue weighted by atomic mass is 10.1. The minimum absolute atomic E-state index is 0.0123. The maximum atomic E-state index is 9.38. The number of pyridine rings is 1. The number of aliphatic hydroxyl groups excluding tert-OH is 1. The van der Waals surface area contributed by atoms with E-state index in [1.165, 1.54) is 5.56 Å². The SMILES string of the molecule is CCNC(C)c1ccc(N2CCOCC2CO)nc1. The van der Waals surface area contributed by atoms with Crippen molar-refractivity contribution < 1.29 is 9.84 Å². The van der Waals surface area contributed by atoms with Crippen LogP contribution in [0.2, 0.25) is 0 Å². The molecule has 2 rings (SSSR count). The number of rotatable bonds is 5. The van der Waals surface area contributed by atoms with E-state index < -0.39 is 0 Å². The largest absolute Gasteiger partial charge is 0.394 e. The molecule has 5 heteroatoms. The average molecular weight is 265 g/mol. The van der Waals surface area contributed by atoms with Crippen LogP contribution in [0.15, 0.2) is 18.3 Å². The quantitative estimate of drug-likeness (QED) is 0.830. The van der Waals surface area contributed by atoms with Crippen molar-refractivity contribution in [3.8, 4) is 0 Å². The van der Waals surface area contributed by atoms with Gasteiger partial charge in [-0.05, 0) is 25.1 Å². The Bertz CT molecular complexity index is 383. The Morgan fingerprint density at radius 1 is 1.58 bits per heavy atom. The van der Waals surface area contributed by atoms with E-state index in [4.69, 9.17) is 4.74 Å². The van der Waals surface area contributed by atoms with Crippen LogP contribution < -0.4 is 10.2 Å². The molecule has 19 heavy (non-hydrogen) atoms. The molecule has 0 saturated carbocycles. The summed E-state index contributed by atoms with van der Waals surface area (Å²) in [5.74, 6) is 0.912. The molecule has 106 valence electrons. The minimum Gasteiger partial charge on any atom is -0.394 e. The highest BCUT2D eigenvalue weighted by Gasteiger charge is 2.23. The lowest BCUT2D eigenvalue weighted by Crippen LogP contribution is -2.48. The summed E-state index contributed by atoms with van der Waals surface area (Å²) in [4.78, 5) is 6.64. The fourth-order valence-corrected chi connectivity index (χ4v) is 2.36. The third kappa shape index (κ3) is 3.43. The molecule has 5 nitrogen and oxygen atoms in total. The number of aromatic nitrogens is 1. The zero-order chi connectivity index (χ0) is 13.7. The highest BCUT2D eigenvalue weighted by atomic mass is 16.5. The van der Waals surface area contributed by atoms with Crippen LogP contribution in [0.25, 0.3) is 0 Å². The average Bonchev–Trinajstić information content (AvgIpc) is 2.47. The standard InChI is InChI=1S/C14H23N3O2/c1-3-15-11(2)12-4-5-14(16-8-12)17-6-7-19-10-13(17)9-18/h4-5,8,11,13,15,18H,3,6-7,9-10H2,1-2H3. The molecule has 1 aliphatic heterocycles. The van der Waals surface area contributed by atoms with Gasteiger partial charge in [-0.1, -0.05) is 13.0 Å². The lowest BCUT2D eigenvalue weighted by molar-refractivity contribution is 0.0723. The summed E-state index contributed by atoms with van der Waals surface area (Å²) < 4.78 is 5.38. The Kier molecular flexibility index (Phi) is 5.13. The second-order valence-corrected chi connectivity index (χ2v) is 4.83. The van der Waals surface area contributed by atoms with Crippen LogP contribution >= 0.6 is 0 Å². The number of anilines is 1. The van der Waals surface area contributed by atoms with E-state index in [-0.39, 0.29) is 12.6 Å². The summed E-state index contributed by atoms with van der Waals surface area (Å²) in [7, 11) is 0. The molecule has 2 N–H and O–H groups in total. The molecule has 1 fully saturated rings. The first-order valence-electron chi connectivity index (χ1n) is 6.90. The predicted octanol–water partition coefficient (Wildman–Crippen LogP) is 0.950.